The SMILES string of the molecule is CCCn1ncc(Cl)c1C1(O)CCc2ccc(OC)cc21. The van der Waals surface area contributed by atoms with Crippen molar-refractivity contribution in [2.45, 2.75) is 38.3 Å². The van der Waals surface area contributed by atoms with Gasteiger partial charge in [0.15, 0.2) is 0 Å². The molecule has 1 atom stereocenters. The standard InChI is InChI=1S/C16H19ClN2O2/c1-3-8-19-15(14(17)10-18-19)16(20)7-6-11-4-5-12(21-2)9-13(11)16/h4-5,9-10,20H,3,6-8H2,1-2H3. The smallest absolute Gasteiger partial charge is 0.133 e. The van der Waals surface area contributed by atoms with E-state index in [1.807, 2.05) is 22.9 Å². The second-order valence-electron chi connectivity index (χ2n) is 5.45. The van der Waals surface area contributed by atoms with Crippen LogP contribution in [0.4, 0.5) is 0 Å². The van der Waals surface area contributed by atoms with E-state index in [9.17, 15) is 5.11 Å². The maximum absolute atomic E-state index is 11.3. The van der Waals surface area contributed by atoms with E-state index in [0.29, 0.717) is 17.1 Å². The number of hydrogen-bond donors (Lipinski definition) is 1. The molecule has 0 bridgehead atoms. The Balaban J connectivity index is 2.14. The number of ether oxygens (including phenoxy) is 1. The minimum atomic E-state index is -1.09. The lowest BCUT2D eigenvalue weighted by Gasteiger charge is -2.26. The van der Waals surface area contributed by atoms with Crippen LogP contribution in [-0.4, -0.2) is 22.0 Å². The minimum Gasteiger partial charge on any atom is -0.497 e. The maximum atomic E-state index is 11.3. The Morgan fingerprint density at radius 3 is 3.00 bits per heavy atom. The first kappa shape index (κ1) is 14.4. The molecule has 112 valence electrons. The number of aromatic nitrogens is 2. The molecule has 1 aliphatic carbocycles. The Hall–Kier alpha value is -1.52. The van der Waals surface area contributed by atoms with Crippen molar-refractivity contribution >= 4 is 11.6 Å². The van der Waals surface area contributed by atoms with Crippen LogP contribution in [0.15, 0.2) is 24.4 Å². The van der Waals surface area contributed by atoms with E-state index in [4.69, 9.17) is 16.3 Å². The average molecular weight is 307 g/mol. The van der Waals surface area contributed by atoms with Gasteiger partial charge in [-0.05, 0) is 42.5 Å². The third kappa shape index (κ3) is 2.23. The van der Waals surface area contributed by atoms with Gasteiger partial charge in [-0.1, -0.05) is 24.6 Å². The van der Waals surface area contributed by atoms with E-state index >= 15 is 0 Å². The van der Waals surface area contributed by atoms with Crippen molar-refractivity contribution in [2.24, 2.45) is 0 Å². The molecule has 1 heterocycles. The highest BCUT2D eigenvalue weighted by Gasteiger charge is 2.42. The van der Waals surface area contributed by atoms with Gasteiger partial charge in [0.25, 0.3) is 0 Å². The summed E-state index contributed by atoms with van der Waals surface area (Å²) in [5.41, 5.74) is 1.62. The molecule has 0 radical (unpaired) electrons. The van der Waals surface area contributed by atoms with Crippen LogP contribution >= 0.6 is 11.6 Å². The lowest BCUT2D eigenvalue weighted by Crippen LogP contribution is -2.28. The lowest BCUT2D eigenvalue weighted by molar-refractivity contribution is 0.0725. The van der Waals surface area contributed by atoms with E-state index < -0.39 is 5.60 Å². The fraction of sp³-hybridized carbons (Fsp3) is 0.438. The summed E-state index contributed by atoms with van der Waals surface area (Å²) in [7, 11) is 1.63. The highest BCUT2D eigenvalue weighted by Crippen LogP contribution is 2.45. The fourth-order valence-electron chi connectivity index (χ4n) is 3.14. The Labute approximate surface area is 129 Å². The zero-order chi connectivity index (χ0) is 15.0. The van der Waals surface area contributed by atoms with Crippen LogP contribution in [0.1, 0.15) is 36.6 Å². The summed E-state index contributed by atoms with van der Waals surface area (Å²) in [6.07, 6.45) is 3.99. The first-order valence-corrected chi connectivity index (χ1v) is 7.59. The van der Waals surface area contributed by atoms with Crippen molar-refractivity contribution in [1.29, 1.82) is 0 Å². The van der Waals surface area contributed by atoms with Gasteiger partial charge in [-0.3, -0.25) is 4.68 Å². The number of aliphatic hydroxyl groups is 1. The minimum absolute atomic E-state index is 0.515. The van der Waals surface area contributed by atoms with Crippen molar-refractivity contribution in [1.82, 2.24) is 9.78 Å². The molecule has 5 heteroatoms. The monoisotopic (exact) mass is 306 g/mol. The van der Waals surface area contributed by atoms with Crippen LogP contribution in [0, 0.1) is 0 Å². The van der Waals surface area contributed by atoms with Crippen LogP contribution in [0.5, 0.6) is 5.75 Å². The van der Waals surface area contributed by atoms with Crippen molar-refractivity contribution in [2.75, 3.05) is 7.11 Å². The molecular formula is C16H19ClN2O2. The quantitative estimate of drug-likeness (QED) is 0.944. The number of benzene rings is 1. The molecule has 0 fully saturated rings. The summed E-state index contributed by atoms with van der Waals surface area (Å²) in [5, 5.41) is 16.1. The molecule has 1 aromatic carbocycles. The Kier molecular flexibility index (Phi) is 3.68. The number of nitrogens with zero attached hydrogens (tertiary/aromatic N) is 2. The number of halogens is 1. The molecule has 2 aromatic rings. The third-order valence-electron chi connectivity index (χ3n) is 4.14. The van der Waals surface area contributed by atoms with Crippen LogP contribution < -0.4 is 4.74 Å². The predicted molar refractivity (Wildman–Crippen MR) is 81.8 cm³/mol. The number of fused-ring (bicyclic) bond motifs is 1. The van der Waals surface area contributed by atoms with Crippen LogP contribution in [0.2, 0.25) is 5.02 Å². The van der Waals surface area contributed by atoms with E-state index in [-0.39, 0.29) is 0 Å². The van der Waals surface area contributed by atoms with Crippen molar-refractivity contribution in [3.8, 4) is 5.75 Å². The van der Waals surface area contributed by atoms with E-state index in [0.717, 1.165) is 36.3 Å². The molecule has 0 saturated heterocycles. The largest absolute Gasteiger partial charge is 0.497 e. The Bertz CT molecular complexity index is 668. The predicted octanol–water partition coefficient (Wildman–Crippen LogP) is 3.14. The van der Waals surface area contributed by atoms with Gasteiger partial charge >= 0.3 is 0 Å². The summed E-state index contributed by atoms with van der Waals surface area (Å²) < 4.78 is 7.11. The van der Waals surface area contributed by atoms with E-state index in [2.05, 4.69) is 12.0 Å². The van der Waals surface area contributed by atoms with Gasteiger partial charge in [0.2, 0.25) is 0 Å². The molecule has 1 aliphatic rings. The van der Waals surface area contributed by atoms with Crippen molar-refractivity contribution in [3.63, 3.8) is 0 Å². The van der Waals surface area contributed by atoms with E-state index in [1.165, 1.54) is 0 Å². The van der Waals surface area contributed by atoms with Crippen LogP contribution in [0.25, 0.3) is 0 Å². The van der Waals surface area contributed by atoms with Gasteiger partial charge in [0, 0.05) is 6.54 Å². The highest BCUT2D eigenvalue weighted by molar-refractivity contribution is 6.31. The molecule has 3 rings (SSSR count). The molecule has 0 saturated carbocycles. The summed E-state index contributed by atoms with van der Waals surface area (Å²) in [5.74, 6) is 0.742. The average Bonchev–Trinajstić information content (AvgIpc) is 3.01. The second-order valence-corrected chi connectivity index (χ2v) is 5.85. The van der Waals surface area contributed by atoms with Gasteiger partial charge in [-0.25, -0.2) is 0 Å². The van der Waals surface area contributed by atoms with Gasteiger partial charge in [-0.2, -0.15) is 5.10 Å². The first-order chi connectivity index (χ1) is 10.1. The Morgan fingerprint density at radius 1 is 1.48 bits per heavy atom. The van der Waals surface area contributed by atoms with Crippen LogP contribution in [0.3, 0.4) is 0 Å². The summed E-state index contributed by atoms with van der Waals surface area (Å²) in [6, 6.07) is 5.85. The second kappa shape index (κ2) is 5.35. The fourth-order valence-corrected chi connectivity index (χ4v) is 3.43. The molecular weight excluding hydrogens is 288 g/mol. The maximum Gasteiger partial charge on any atom is 0.133 e. The molecule has 1 unspecified atom stereocenters. The molecule has 0 amide bonds. The summed E-state index contributed by atoms with van der Waals surface area (Å²) in [6.45, 7) is 2.82. The number of rotatable bonds is 4. The van der Waals surface area contributed by atoms with E-state index in [1.54, 1.807) is 13.3 Å². The Morgan fingerprint density at radius 2 is 2.29 bits per heavy atom. The highest BCUT2D eigenvalue weighted by atomic mass is 35.5. The molecule has 1 aromatic heterocycles. The normalized spacial score (nSPS) is 20.6. The molecule has 0 aliphatic heterocycles. The third-order valence-corrected chi connectivity index (χ3v) is 4.42. The van der Waals surface area contributed by atoms with Gasteiger partial charge < -0.3 is 9.84 Å². The first-order valence-electron chi connectivity index (χ1n) is 7.21. The van der Waals surface area contributed by atoms with Crippen molar-refractivity contribution in [3.05, 3.63) is 46.2 Å². The van der Waals surface area contributed by atoms with Gasteiger partial charge in [0.05, 0.1) is 24.0 Å². The molecule has 21 heavy (non-hydrogen) atoms. The van der Waals surface area contributed by atoms with Crippen LogP contribution in [-0.2, 0) is 18.6 Å². The number of hydrogen-bond acceptors (Lipinski definition) is 3. The lowest BCUT2D eigenvalue weighted by atomic mass is 9.92. The summed E-state index contributed by atoms with van der Waals surface area (Å²) in [4.78, 5) is 0. The molecule has 1 N–H and O–H groups in total. The molecule has 0 spiro atoms. The van der Waals surface area contributed by atoms with Gasteiger partial charge in [-0.15, -0.1) is 0 Å². The number of aryl methyl sites for hydroxylation is 2. The summed E-state index contributed by atoms with van der Waals surface area (Å²) >= 11 is 6.32. The van der Waals surface area contributed by atoms with Crippen molar-refractivity contribution < 1.29 is 9.84 Å². The topological polar surface area (TPSA) is 47.3 Å². The van der Waals surface area contributed by atoms with Gasteiger partial charge in [0.1, 0.15) is 11.4 Å². The zero-order valence-electron chi connectivity index (χ0n) is 12.3. The zero-order valence-corrected chi connectivity index (χ0v) is 13.0. The molecule has 4 nitrogen and oxygen atoms in total. The number of methoxy groups -OCH3 is 1.